The number of carboxylic acids is 1. The number of allylic oxidation sites excluding steroid dienone is 3. The Balaban J connectivity index is 1.53. The number of aliphatic hydroxyl groups is 3. The maximum Gasteiger partial charge on any atom is 0.309 e. The highest BCUT2D eigenvalue weighted by molar-refractivity contribution is 5.70. The summed E-state index contributed by atoms with van der Waals surface area (Å²) in [6.07, 6.45) is 19.1. The molecule has 1 fully saturated rings. The van der Waals surface area contributed by atoms with E-state index in [1.807, 2.05) is 13.1 Å². The summed E-state index contributed by atoms with van der Waals surface area (Å²) in [5.41, 5.74) is 6.21. The van der Waals surface area contributed by atoms with Crippen molar-refractivity contribution >= 4 is 5.97 Å². The SMILES string of the molecule is CCCCC[C@@H]1C=C[C@@H](CCCCC[C@H](C(=O)O)[C@H](O)C[C@@H](CNC)[C@]2(O)C[C@@H](CNCC)[C@H](CC3=CCNC(N)=C3)C2)[C@H](O)C1. The number of carbonyl (C=O) groups is 1. The molecule has 9 atom stereocenters. The summed E-state index contributed by atoms with van der Waals surface area (Å²) in [5, 5.41) is 54.0. The molecular formula is C37H66N4O5. The number of rotatable bonds is 22. The number of nitrogens with two attached hydrogens (primary N) is 1. The molecule has 0 aromatic heterocycles. The minimum Gasteiger partial charge on any atom is -0.481 e. The van der Waals surface area contributed by atoms with Crippen LogP contribution in [0.4, 0.5) is 0 Å². The second kappa shape index (κ2) is 19.8. The summed E-state index contributed by atoms with van der Waals surface area (Å²) in [6.45, 7) is 7.18. The Morgan fingerprint density at radius 3 is 2.54 bits per heavy atom. The zero-order valence-electron chi connectivity index (χ0n) is 28.9. The maximum atomic E-state index is 12.3. The first kappa shape index (κ1) is 38.5. The topological polar surface area (TPSA) is 160 Å². The van der Waals surface area contributed by atoms with Crippen molar-refractivity contribution in [1.29, 1.82) is 0 Å². The van der Waals surface area contributed by atoms with Crippen LogP contribution in [0.2, 0.25) is 0 Å². The maximum absolute atomic E-state index is 12.3. The second-order valence-electron chi connectivity index (χ2n) is 14.6. The van der Waals surface area contributed by atoms with Crippen molar-refractivity contribution in [3.05, 3.63) is 35.7 Å². The molecule has 0 radical (unpaired) electrons. The minimum atomic E-state index is -1.03. The summed E-state index contributed by atoms with van der Waals surface area (Å²) >= 11 is 0. The van der Waals surface area contributed by atoms with Crippen LogP contribution in [0.15, 0.2) is 35.7 Å². The summed E-state index contributed by atoms with van der Waals surface area (Å²) in [5.74, 6) is -0.250. The Bertz CT molecular complexity index is 1000. The average molecular weight is 647 g/mol. The molecule has 9 heteroatoms. The molecule has 0 aromatic carbocycles. The number of unbranched alkanes of at least 4 members (excludes halogenated alkanes) is 4. The van der Waals surface area contributed by atoms with Gasteiger partial charge in [0.15, 0.2) is 0 Å². The van der Waals surface area contributed by atoms with Gasteiger partial charge < -0.3 is 42.1 Å². The van der Waals surface area contributed by atoms with E-state index in [0.717, 1.165) is 51.6 Å². The van der Waals surface area contributed by atoms with Gasteiger partial charge in [-0.3, -0.25) is 4.79 Å². The largest absolute Gasteiger partial charge is 0.481 e. The van der Waals surface area contributed by atoms with E-state index in [0.29, 0.717) is 50.5 Å². The first-order chi connectivity index (χ1) is 22.1. The molecule has 0 spiro atoms. The smallest absolute Gasteiger partial charge is 0.309 e. The van der Waals surface area contributed by atoms with Crippen molar-refractivity contribution in [3.63, 3.8) is 0 Å². The van der Waals surface area contributed by atoms with E-state index in [9.17, 15) is 25.2 Å². The van der Waals surface area contributed by atoms with Gasteiger partial charge in [0.05, 0.1) is 29.5 Å². The molecule has 1 heterocycles. The number of aliphatic carboxylic acids is 1. The van der Waals surface area contributed by atoms with Gasteiger partial charge in [-0.2, -0.15) is 0 Å². The molecule has 0 amide bonds. The molecule has 1 saturated carbocycles. The fourth-order valence-electron chi connectivity index (χ4n) is 8.27. The van der Waals surface area contributed by atoms with Gasteiger partial charge in [0.25, 0.3) is 0 Å². The molecule has 3 aliphatic rings. The second-order valence-corrected chi connectivity index (χ2v) is 14.6. The number of nitrogens with one attached hydrogen (secondary N) is 3. The molecule has 46 heavy (non-hydrogen) atoms. The predicted molar refractivity (Wildman–Crippen MR) is 186 cm³/mol. The van der Waals surface area contributed by atoms with Gasteiger partial charge in [-0.05, 0) is 101 Å². The van der Waals surface area contributed by atoms with Crippen LogP contribution in [0, 0.1) is 35.5 Å². The molecule has 9 nitrogen and oxygen atoms in total. The summed E-state index contributed by atoms with van der Waals surface area (Å²) in [6, 6.07) is 0. The standard InChI is InChI=1S/C37H66N4O5/c1-4-6-8-11-26-14-15-28(33(42)19-26)12-9-7-10-13-32(36(44)45)34(43)21-31(25-39-3)37(46)22-29(30(23-37)24-40-5-2)18-27-16-17-41-35(38)20-27/h14-16,20,26,28-34,39-43,46H,4-13,17-19,21-25,38H2,1-3H3,(H,44,45)/t26-,28-,29-,30+,31+,32+,33-,34-,37-/m1/s1. The first-order valence-electron chi connectivity index (χ1n) is 18.3. The van der Waals surface area contributed by atoms with E-state index in [-0.39, 0.29) is 36.2 Å². The number of dihydropyridines is 1. The lowest BCUT2D eigenvalue weighted by Gasteiger charge is -2.36. The third-order valence-electron chi connectivity index (χ3n) is 11.0. The third kappa shape index (κ3) is 12.0. The van der Waals surface area contributed by atoms with E-state index in [4.69, 9.17) is 5.73 Å². The highest BCUT2D eigenvalue weighted by atomic mass is 16.4. The molecule has 0 bridgehead atoms. The van der Waals surface area contributed by atoms with Gasteiger partial charge in [0.1, 0.15) is 0 Å². The van der Waals surface area contributed by atoms with Crippen LogP contribution in [0.25, 0.3) is 0 Å². The third-order valence-corrected chi connectivity index (χ3v) is 11.0. The molecule has 2 aliphatic carbocycles. The van der Waals surface area contributed by atoms with Crippen molar-refractivity contribution in [1.82, 2.24) is 16.0 Å². The van der Waals surface area contributed by atoms with Crippen LogP contribution in [0.3, 0.4) is 0 Å². The summed E-state index contributed by atoms with van der Waals surface area (Å²) in [7, 11) is 1.85. The van der Waals surface area contributed by atoms with Crippen LogP contribution in [-0.2, 0) is 4.79 Å². The lowest BCUT2D eigenvalue weighted by molar-refractivity contribution is -0.147. The van der Waals surface area contributed by atoms with E-state index < -0.39 is 23.6 Å². The number of hydrogen-bond donors (Lipinski definition) is 8. The lowest BCUT2D eigenvalue weighted by Crippen LogP contribution is -2.44. The van der Waals surface area contributed by atoms with Crippen molar-refractivity contribution in [2.45, 2.75) is 122 Å². The van der Waals surface area contributed by atoms with Gasteiger partial charge in [-0.25, -0.2) is 0 Å². The number of carboxylic acid groups (broad SMARTS) is 1. The van der Waals surface area contributed by atoms with E-state index in [2.05, 4.69) is 48.0 Å². The number of aliphatic hydroxyl groups excluding tert-OH is 2. The fraction of sp³-hybridized carbons (Fsp3) is 0.811. The molecule has 0 saturated heterocycles. The molecule has 0 unspecified atom stereocenters. The Hall–Kier alpha value is -1.91. The molecular weight excluding hydrogens is 580 g/mol. The van der Waals surface area contributed by atoms with Crippen molar-refractivity contribution in [2.75, 3.05) is 33.2 Å². The lowest BCUT2D eigenvalue weighted by atomic mass is 9.78. The summed E-state index contributed by atoms with van der Waals surface area (Å²) < 4.78 is 0. The molecule has 3 rings (SSSR count). The van der Waals surface area contributed by atoms with Crippen LogP contribution in [0.5, 0.6) is 0 Å². The molecule has 9 N–H and O–H groups in total. The quantitative estimate of drug-likeness (QED) is 0.0628. The van der Waals surface area contributed by atoms with Crippen molar-refractivity contribution < 1.29 is 25.2 Å². The monoisotopic (exact) mass is 647 g/mol. The highest BCUT2D eigenvalue weighted by Gasteiger charge is 2.49. The van der Waals surface area contributed by atoms with Gasteiger partial charge in [0, 0.05) is 24.9 Å². The Morgan fingerprint density at radius 2 is 1.87 bits per heavy atom. The van der Waals surface area contributed by atoms with Gasteiger partial charge >= 0.3 is 5.97 Å². The Labute approximate surface area is 278 Å². The minimum absolute atomic E-state index is 0.178. The Morgan fingerprint density at radius 1 is 1.11 bits per heavy atom. The van der Waals surface area contributed by atoms with E-state index in [1.165, 1.54) is 24.8 Å². The molecule has 0 aromatic rings. The van der Waals surface area contributed by atoms with Crippen LogP contribution in [-0.4, -0.2) is 77.4 Å². The van der Waals surface area contributed by atoms with Crippen molar-refractivity contribution in [3.8, 4) is 0 Å². The van der Waals surface area contributed by atoms with Gasteiger partial charge in [-0.1, -0.05) is 70.6 Å². The van der Waals surface area contributed by atoms with Crippen LogP contribution < -0.4 is 21.7 Å². The first-order valence-corrected chi connectivity index (χ1v) is 18.3. The zero-order chi connectivity index (χ0) is 33.5. The average Bonchev–Trinajstić information content (AvgIpc) is 3.33. The molecule has 1 aliphatic heterocycles. The molecule has 264 valence electrons. The van der Waals surface area contributed by atoms with E-state index >= 15 is 0 Å². The highest BCUT2D eigenvalue weighted by Crippen LogP contribution is 2.47. The Kier molecular flexibility index (Phi) is 16.6. The van der Waals surface area contributed by atoms with Gasteiger partial charge in [-0.15, -0.1) is 0 Å². The summed E-state index contributed by atoms with van der Waals surface area (Å²) in [4.78, 5) is 12.3. The van der Waals surface area contributed by atoms with E-state index in [1.54, 1.807) is 0 Å². The zero-order valence-corrected chi connectivity index (χ0v) is 28.9. The normalized spacial score (nSPS) is 29.9. The number of hydrogen-bond acceptors (Lipinski definition) is 8. The van der Waals surface area contributed by atoms with Crippen LogP contribution in [0.1, 0.15) is 104 Å². The van der Waals surface area contributed by atoms with Crippen LogP contribution >= 0.6 is 0 Å². The predicted octanol–water partition coefficient (Wildman–Crippen LogP) is 4.44. The van der Waals surface area contributed by atoms with Crippen molar-refractivity contribution in [2.24, 2.45) is 41.2 Å². The van der Waals surface area contributed by atoms with Gasteiger partial charge in [0.2, 0.25) is 0 Å². The fourth-order valence-corrected chi connectivity index (χ4v) is 8.27.